The molecule has 48 heavy (non-hydrogen) atoms. The maximum atomic E-state index is 12.2. The monoisotopic (exact) mass is 840 g/mol. The zero-order valence-corrected chi connectivity index (χ0v) is 32.8. The van der Waals surface area contributed by atoms with Crippen LogP contribution in [0.5, 0.6) is 0 Å². The fraction of sp³-hybridized carbons (Fsp3) is 0.390. The minimum Gasteiger partial charge on any atom is -0.512 e. The van der Waals surface area contributed by atoms with Crippen LogP contribution in [0.25, 0.3) is 54.2 Å². The number of benzene rings is 3. The quantitative estimate of drug-likeness (QED) is 0.0938. The maximum Gasteiger partial charge on any atom is 0.223 e. The molecule has 255 valence electrons. The molecule has 6 rings (SSSR count). The van der Waals surface area contributed by atoms with Crippen LogP contribution in [0, 0.1) is 16.9 Å². The van der Waals surface area contributed by atoms with E-state index in [0.29, 0.717) is 5.71 Å². The molecule has 7 heteroatoms. The number of hydrogen-bond donors (Lipinski definition) is 1. The first-order chi connectivity index (χ1) is 22.3. The summed E-state index contributed by atoms with van der Waals surface area (Å²) in [5.41, 5.74) is 4.02. The number of carbonyl (C=O) groups excluding carboxylic acids is 1. The molecule has 0 aliphatic heterocycles. The Labute approximate surface area is 302 Å². The van der Waals surface area contributed by atoms with Gasteiger partial charge in [-0.3, -0.25) is 9.78 Å². The Kier molecular flexibility index (Phi) is 11.4. The summed E-state index contributed by atoms with van der Waals surface area (Å²) in [7, 11) is 0. The summed E-state index contributed by atoms with van der Waals surface area (Å²) >= 11 is 1.69. The Balaban J connectivity index is 0.000000251. The Hall–Kier alpha value is -3.38. The van der Waals surface area contributed by atoms with Crippen molar-refractivity contribution in [1.82, 2.24) is 9.97 Å². The SMILES string of the molecule is CC(C)(C)c1cc(-c2ncnc3oc4c(ccc5ccsc54)c23)[c-]c2ccccc12.CCC(C)(CC)C(=O)/C=C(\O)C(C)(CC)CC.[Ir]. The van der Waals surface area contributed by atoms with Gasteiger partial charge in [0.25, 0.3) is 0 Å². The van der Waals surface area contributed by atoms with Gasteiger partial charge in [-0.05, 0) is 47.9 Å². The van der Waals surface area contributed by atoms with Crippen molar-refractivity contribution in [2.45, 2.75) is 93.4 Å². The summed E-state index contributed by atoms with van der Waals surface area (Å²) in [5.74, 6) is 0.286. The summed E-state index contributed by atoms with van der Waals surface area (Å²) in [6.45, 7) is 18.8. The molecule has 0 unspecified atom stereocenters. The molecule has 0 aliphatic rings. The minimum absolute atomic E-state index is 0. The number of fused-ring (bicyclic) bond motifs is 6. The van der Waals surface area contributed by atoms with E-state index < -0.39 is 0 Å². The molecule has 0 aliphatic carbocycles. The van der Waals surface area contributed by atoms with Gasteiger partial charge in [-0.2, -0.15) is 0 Å². The number of ketones is 1. The predicted molar refractivity (Wildman–Crippen MR) is 198 cm³/mol. The van der Waals surface area contributed by atoms with Crippen molar-refractivity contribution >= 4 is 60.0 Å². The first-order valence-electron chi connectivity index (χ1n) is 16.7. The number of hydrogen-bond acceptors (Lipinski definition) is 6. The zero-order chi connectivity index (χ0) is 34.1. The second-order valence-corrected chi connectivity index (χ2v) is 15.0. The van der Waals surface area contributed by atoms with Crippen molar-refractivity contribution in [3.63, 3.8) is 0 Å². The molecule has 6 aromatic rings. The smallest absolute Gasteiger partial charge is 0.223 e. The Morgan fingerprint density at radius 1 is 0.896 bits per heavy atom. The number of rotatable bonds is 8. The molecule has 0 saturated carbocycles. The number of carbonyl (C=O) groups is 1. The van der Waals surface area contributed by atoms with Crippen LogP contribution < -0.4 is 0 Å². The van der Waals surface area contributed by atoms with Gasteiger partial charge in [0.1, 0.15) is 12.1 Å². The Morgan fingerprint density at radius 2 is 1.56 bits per heavy atom. The summed E-state index contributed by atoms with van der Waals surface area (Å²) in [6.07, 6.45) is 6.34. The summed E-state index contributed by atoms with van der Waals surface area (Å²) in [5, 5.41) is 17.7. The van der Waals surface area contributed by atoms with Crippen LogP contribution >= 0.6 is 11.3 Å². The first kappa shape index (κ1) is 37.4. The number of allylic oxidation sites excluding steroid dienone is 2. The molecule has 1 radical (unpaired) electrons. The molecule has 0 amide bonds. The van der Waals surface area contributed by atoms with E-state index in [2.05, 4.69) is 85.7 Å². The standard InChI is InChI=1S/C26H19N2OS.C15H28O2.Ir/c1-26(2,3)20-13-17(12-16-6-4-5-7-18(16)20)22-21-19-9-8-15-10-11-30-24(15)23(19)29-25(21)28-14-27-22;1-7-14(5,8-2)12(16)11-13(17)15(6,9-3)10-4;/h4-11,13-14H,1-3H3;11,16H,7-10H2,1-6H3;/q-1;;/b;12-11-;. The number of aliphatic hydroxyl groups is 1. The predicted octanol–water partition coefficient (Wildman–Crippen LogP) is 12.2. The zero-order valence-electron chi connectivity index (χ0n) is 29.6. The first-order valence-corrected chi connectivity index (χ1v) is 17.6. The molecule has 0 bridgehead atoms. The normalized spacial score (nSPS) is 12.7. The van der Waals surface area contributed by atoms with Crippen molar-refractivity contribution in [1.29, 1.82) is 0 Å². The van der Waals surface area contributed by atoms with E-state index >= 15 is 0 Å². The fourth-order valence-corrected chi connectivity index (χ4v) is 6.84. The summed E-state index contributed by atoms with van der Waals surface area (Å²) in [6, 6.07) is 20.7. The van der Waals surface area contributed by atoms with Crippen LogP contribution in [0.2, 0.25) is 0 Å². The van der Waals surface area contributed by atoms with Crippen LogP contribution in [-0.2, 0) is 30.3 Å². The number of thiophene rings is 1. The van der Waals surface area contributed by atoms with Crippen LogP contribution in [0.3, 0.4) is 0 Å². The summed E-state index contributed by atoms with van der Waals surface area (Å²) in [4.78, 5) is 21.3. The second-order valence-electron chi connectivity index (χ2n) is 14.1. The third-order valence-corrected chi connectivity index (χ3v) is 11.2. The van der Waals surface area contributed by atoms with E-state index in [1.165, 1.54) is 22.4 Å². The van der Waals surface area contributed by atoms with Crippen molar-refractivity contribution in [2.24, 2.45) is 10.8 Å². The average molecular weight is 840 g/mol. The number of aromatic nitrogens is 2. The second kappa shape index (κ2) is 14.6. The van der Waals surface area contributed by atoms with E-state index in [1.54, 1.807) is 17.7 Å². The molecule has 3 heterocycles. The fourth-order valence-electron chi connectivity index (χ4n) is 5.96. The van der Waals surface area contributed by atoms with Gasteiger partial charge in [-0.25, -0.2) is 4.98 Å². The van der Waals surface area contributed by atoms with Gasteiger partial charge in [0.05, 0.1) is 4.70 Å². The van der Waals surface area contributed by atoms with Gasteiger partial charge in [-0.1, -0.05) is 104 Å². The molecule has 0 spiro atoms. The average Bonchev–Trinajstić information content (AvgIpc) is 3.71. The summed E-state index contributed by atoms with van der Waals surface area (Å²) < 4.78 is 7.36. The van der Waals surface area contributed by atoms with Gasteiger partial charge < -0.3 is 9.52 Å². The maximum absolute atomic E-state index is 12.2. The number of nitrogens with zero attached hydrogens (tertiary/aromatic N) is 2. The molecule has 3 aromatic carbocycles. The van der Waals surface area contributed by atoms with E-state index in [4.69, 9.17) is 9.40 Å². The van der Waals surface area contributed by atoms with Crippen molar-refractivity contribution in [3.05, 3.63) is 83.7 Å². The molecule has 1 N–H and O–H groups in total. The van der Waals surface area contributed by atoms with Gasteiger partial charge in [0, 0.05) is 53.5 Å². The molecular weight excluding hydrogens is 793 g/mol. The molecule has 0 atom stereocenters. The van der Waals surface area contributed by atoms with Gasteiger partial charge in [0.2, 0.25) is 5.71 Å². The molecule has 0 saturated heterocycles. The van der Waals surface area contributed by atoms with E-state index in [0.717, 1.165) is 63.4 Å². The van der Waals surface area contributed by atoms with E-state index in [9.17, 15) is 9.90 Å². The Bertz CT molecular complexity index is 2090. The Morgan fingerprint density at radius 3 is 2.21 bits per heavy atom. The largest absolute Gasteiger partial charge is 0.512 e. The number of aliphatic hydroxyl groups excluding tert-OH is 1. The third kappa shape index (κ3) is 7.01. The van der Waals surface area contributed by atoms with Crippen LogP contribution in [0.15, 0.2) is 76.5 Å². The molecule has 0 fully saturated rings. The van der Waals surface area contributed by atoms with Crippen LogP contribution in [-0.4, -0.2) is 20.9 Å². The van der Waals surface area contributed by atoms with Crippen LogP contribution in [0.1, 0.15) is 93.6 Å². The van der Waals surface area contributed by atoms with Crippen molar-refractivity contribution in [3.8, 4) is 11.3 Å². The third-order valence-electron chi connectivity index (χ3n) is 10.3. The molecule has 5 nitrogen and oxygen atoms in total. The van der Waals surface area contributed by atoms with Crippen molar-refractivity contribution < 1.29 is 34.4 Å². The van der Waals surface area contributed by atoms with Gasteiger partial charge in [0.15, 0.2) is 11.4 Å². The minimum atomic E-state index is -0.337. The van der Waals surface area contributed by atoms with E-state index in [1.807, 2.05) is 41.5 Å². The van der Waals surface area contributed by atoms with Crippen LogP contribution in [0.4, 0.5) is 0 Å². The molecule has 3 aromatic heterocycles. The van der Waals surface area contributed by atoms with Gasteiger partial charge in [-0.15, -0.1) is 40.5 Å². The van der Waals surface area contributed by atoms with Gasteiger partial charge >= 0.3 is 0 Å². The molecular formula is C41H47IrN2O3S-. The topological polar surface area (TPSA) is 76.2 Å². The number of furan rings is 1. The van der Waals surface area contributed by atoms with E-state index in [-0.39, 0.29) is 47.9 Å². The van der Waals surface area contributed by atoms with Crippen molar-refractivity contribution in [2.75, 3.05) is 0 Å².